The summed E-state index contributed by atoms with van der Waals surface area (Å²) in [6.45, 7) is 5.02. The quantitative estimate of drug-likeness (QED) is 0.284. The van der Waals surface area contributed by atoms with E-state index in [9.17, 15) is 9.59 Å². The van der Waals surface area contributed by atoms with Gasteiger partial charge in [-0.2, -0.15) is 15.1 Å². The number of ether oxygens (including phenoxy) is 1. The number of rotatable bonds is 5. The summed E-state index contributed by atoms with van der Waals surface area (Å²) in [5, 5.41) is 13.7. The number of fused-ring (bicyclic) bond motifs is 3. The Labute approximate surface area is 256 Å². The lowest BCUT2D eigenvalue weighted by Crippen LogP contribution is -2.58. The van der Waals surface area contributed by atoms with E-state index in [1.807, 2.05) is 11.8 Å². The van der Waals surface area contributed by atoms with E-state index < -0.39 is 17.4 Å². The molecule has 228 valence electrons. The standard InChI is InChI=1S/C30H31ClFN9O3/c1-16-19(31)11-20-17(13-34-39-20)21(16)24-22(32)23-18(12-33-24)25(40-8-4-7-30(14-40)26(42)37-27(43)38-30)36-28(35-23)44-15-29-5-2-9-41(29)10-3-6-29/h11-13H,2-10,14-15H2,1H3,(H,34,39)(H2,37,38,42,43)/t30-/m1/s1. The van der Waals surface area contributed by atoms with Crippen molar-refractivity contribution in [2.75, 3.05) is 37.7 Å². The van der Waals surface area contributed by atoms with Crippen molar-refractivity contribution >= 4 is 51.2 Å². The number of pyridine rings is 1. The van der Waals surface area contributed by atoms with Crippen LogP contribution in [0.1, 0.15) is 44.1 Å². The number of nitrogens with zero attached hydrogens (tertiary/aromatic N) is 6. The molecule has 12 nitrogen and oxygen atoms in total. The third-order valence-electron chi connectivity index (χ3n) is 9.91. The Kier molecular flexibility index (Phi) is 6.21. The van der Waals surface area contributed by atoms with Gasteiger partial charge in [-0.05, 0) is 70.2 Å². The predicted octanol–water partition coefficient (Wildman–Crippen LogP) is 3.85. The van der Waals surface area contributed by atoms with Crippen LogP contribution in [-0.4, -0.2) is 85.9 Å². The molecule has 1 spiro atoms. The molecule has 14 heteroatoms. The van der Waals surface area contributed by atoms with Gasteiger partial charge in [-0.3, -0.25) is 25.1 Å². The number of aromatic amines is 1. The van der Waals surface area contributed by atoms with Gasteiger partial charge in [0.05, 0.1) is 29.2 Å². The van der Waals surface area contributed by atoms with Gasteiger partial charge in [0.2, 0.25) is 0 Å². The molecule has 7 heterocycles. The molecule has 4 aliphatic heterocycles. The van der Waals surface area contributed by atoms with Gasteiger partial charge >= 0.3 is 12.0 Å². The van der Waals surface area contributed by atoms with Crippen LogP contribution in [0, 0.1) is 12.7 Å². The second kappa shape index (κ2) is 9.96. The van der Waals surface area contributed by atoms with Crippen LogP contribution in [-0.2, 0) is 4.79 Å². The fraction of sp³-hybridized carbons (Fsp3) is 0.467. The first kappa shape index (κ1) is 27.4. The second-order valence-corrected chi connectivity index (χ2v) is 12.8. The number of anilines is 1. The fourth-order valence-electron chi connectivity index (χ4n) is 7.68. The molecule has 0 unspecified atom stereocenters. The number of amides is 3. The van der Waals surface area contributed by atoms with Crippen molar-refractivity contribution < 1.29 is 18.7 Å². The van der Waals surface area contributed by atoms with Crippen molar-refractivity contribution in [2.24, 2.45) is 0 Å². The molecular formula is C30H31ClFN9O3. The summed E-state index contributed by atoms with van der Waals surface area (Å²) in [7, 11) is 0. The lowest BCUT2D eigenvalue weighted by molar-refractivity contribution is -0.124. The molecule has 3 N–H and O–H groups in total. The number of hydrogen-bond acceptors (Lipinski definition) is 9. The number of halogens is 2. The molecule has 1 aromatic carbocycles. The van der Waals surface area contributed by atoms with Crippen LogP contribution >= 0.6 is 11.6 Å². The number of aromatic nitrogens is 5. The molecule has 4 aliphatic rings. The summed E-state index contributed by atoms with van der Waals surface area (Å²) in [6.07, 6.45) is 8.58. The number of urea groups is 1. The number of imide groups is 1. The number of H-pyrrole nitrogens is 1. The minimum atomic E-state index is -1.10. The molecule has 1 atom stereocenters. The molecule has 3 aromatic heterocycles. The van der Waals surface area contributed by atoms with E-state index in [1.54, 1.807) is 18.5 Å². The Bertz CT molecular complexity index is 1850. The molecule has 3 amide bonds. The first-order chi connectivity index (χ1) is 21.3. The number of piperidine rings is 1. The Morgan fingerprint density at radius 3 is 2.64 bits per heavy atom. The SMILES string of the molecule is Cc1c(Cl)cc2[nH]ncc2c1-c1ncc2c(N3CCC[C@]4(C3)NC(=O)NC4=O)nc(OCC34CCCN3CCC4)nc2c1F. The first-order valence-electron chi connectivity index (χ1n) is 15.0. The van der Waals surface area contributed by atoms with E-state index in [0.29, 0.717) is 64.2 Å². The van der Waals surface area contributed by atoms with Crippen LogP contribution in [0.5, 0.6) is 6.01 Å². The smallest absolute Gasteiger partial charge is 0.322 e. The zero-order valence-corrected chi connectivity index (χ0v) is 24.9. The maximum Gasteiger partial charge on any atom is 0.322 e. The summed E-state index contributed by atoms with van der Waals surface area (Å²) in [5.41, 5.74) is 0.837. The molecular weight excluding hydrogens is 589 g/mol. The van der Waals surface area contributed by atoms with Crippen molar-refractivity contribution in [2.45, 2.75) is 56.5 Å². The molecule has 0 saturated carbocycles. The van der Waals surface area contributed by atoms with E-state index in [-0.39, 0.29) is 35.2 Å². The highest BCUT2D eigenvalue weighted by molar-refractivity contribution is 6.33. The van der Waals surface area contributed by atoms with E-state index in [4.69, 9.17) is 21.3 Å². The van der Waals surface area contributed by atoms with Gasteiger partial charge in [0.25, 0.3) is 5.91 Å². The van der Waals surface area contributed by atoms with E-state index in [1.165, 1.54) is 0 Å². The van der Waals surface area contributed by atoms with E-state index >= 15 is 4.39 Å². The average molecular weight is 620 g/mol. The van der Waals surface area contributed by atoms with E-state index in [0.717, 1.165) is 38.8 Å². The molecule has 4 saturated heterocycles. The normalized spacial score (nSPS) is 23.1. The number of nitrogens with one attached hydrogen (secondary N) is 3. The minimum absolute atomic E-state index is 0.0535. The third kappa shape index (κ3) is 4.12. The molecule has 8 rings (SSSR count). The van der Waals surface area contributed by atoms with Crippen LogP contribution in [0.3, 0.4) is 0 Å². The van der Waals surface area contributed by atoms with Gasteiger partial charge in [-0.1, -0.05) is 11.6 Å². The average Bonchev–Trinajstić information content (AvgIpc) is 3.77. The minimum Gasteiger partial charge on any atom is -0.461 e. The van der Waals surface area contributed by atoms with Crippen molar-refractivity contribution in [1.82, 2.24) is 40.7 Å². The second-order valence-electron chi connectivity index (χ2n) is 12.4. The number of carbonyl (C=O) groups excluding carboxylic acids is 2. The highest BCUT2D eigenvalue weighted by Crippen LogP contribution is 2.41. The Morgan fingerprint density at radius 1 is 1.07 bits per heavy atom. The zero-order valence-electron chi connectivity index (χ0n) is 24.2. The molecule has 4 fully saturated rings. The van der Waals surface area contributed by atoms with Gasteiger partial charge in [0.1, 0.15) is 29.2 Å². The third-order valence-corrected chi connectivity index (χ3v) is 10.3. The van der Waals surface area contributed by atoms with Crippen molar-refractivity contribution in [3.8, 4) is 17.3 Å². The van der Waals surface area contributed by atoms with Crippen LogP contribution in [0.2, 0.25) is 5.02 Å². The molecule has 0 aliphatic carbocycles. The highest BCUT2D eigenvalue weighted by atomic mass is 35.5. The van der Waals surface area contributed by atoms with Crippen molar-refractivity contribution in [3.05, 3.63) is 34.9 Å². The Hall–Kier alpha value is -4.10. The number of hydrogen-bond donors (Lipinski definition) is 3. The van der Waals surface area contributed by atoms with Gasteiger partial charge < -0.3 is 15.0 Å². The Morgan fingerprint density at radius 2 is 1.86 bits per heavy atom. The van der Waals surface area contributed by atoms with Crippen molar-refractivity contribution in [1.29, 1.82) is 0 Å². The van der Waals surface area contributed by atoms with Gasteiger partial charge in [0.15, 0.2) is 5.82 Å². The molecule has 44 heavy (non-hydrogen) atoms. The number of carbonyl (C=O) groups is 2. The maximum absolute atomic E-state index is 16.8. The summed E-state index contributed by atoms with van der Waals surface area (Å²) in [4.78, 5) is 43.3. The fourth-order valence-corrected chi connectivity index (χ4v) is 7.88. The monoisotopic (exact) mass is 619 g/mol. The van der Waals surface area contributed by atoms with Gasteiger partial charge in [0, 0.05) is 28.7 Å². The van der Waals surface area contributed by atoms with Gasteiger partial charge in [-0.25, -0.2) is 9.18 Å². The largest absolute Gasteiger partial charge is 0.461 e. The maximum atomic E-state index is 16.8. The number of benzene rings is 1. The van der Waals surface area contributed by atoms with Crippen LogP contribution in [0.4, 0.5) is 15.0 Å². The summed E-state index contributed by atoms with van der Waals surface area (Å²) >= 11 is 6.53. The summed E-state index contributed by atoms with van der Waals surface area (Å²) < 4.78 is 23.1. The lowest BCUT2D eigenvalue weighted by atomic mass is 9.89. The molecule has 4 aromatic rings. The van der Waals surface area contributed by atoms with Crippen molar-refractivity contribution in [3.63, 3.8) is 0 Å². The van der Waals surface area contributed by atoms with Crippen LogP contribution in [0.15, 0.2) is 18.5 Å². The summed E-state index contributed by atoms with van der Waals surface area (Å²) in [5.74, 6) is -0.612. The first-order valence-corrected chi connectivity index (χ1v) is 15.4. The molecule has 0 radical (unpaired) electrons. The highest BCUT2D eigenvalue weighted by Gasteiger charge is 2.49. The molecule has 0 bridgehead atoms. The van der Waals surface area contributed by atoms with Gasteiger partial charge in [-0.15, -0.1) is 0 Å². The summed E-state index contributed by atoms with van der Waals surface area (Å²) in [6, 6.07) is 1.30. The topological polar surface area (TPSA) is 141 Å². The van der Waals surface area contributed by atoms with Crippen LogP contribution in [0.25, 0.3) is 33.1 Å². The lowest BCUT2D eigenvalue weighted by Gasteiger charge is -2.39. The van der Waals surface area contributed by atoms with Crippen LogP contribution < -0.4 is 20.3 Å². The zero-order chi connectivity index (χ0) is 30.2. The predicted molar refractivity (Wildman–Crippen MR) is 161 cm³/mol. The van der Waals surface area contributed by atoms with E-state index in [2.05, 4.69) is 35.7 Å². The Balaban J connectivity index is 1.26.